The number of nitrogens with one attached hydrogen (secondary N) is 1. The molecule has 2 N–H and O–H groups in total. The molecule has 28 heavy (non-hydrogen) atoms. The van der Waals surface area contributed by atoms with Crippen LogP contribution in [0, 0.1) is 5.82 Å². The van der Waals surface area contributed by atoms with Crippen molar-refractivity contribution >= 4 is 44.8 Å². The van der Waals surface area contributed by atoms with Gasteiger partial charge >= 0.3 is 0 Å². The van der Waals surface area contributed by atoms with Crippen molar-refractivity contribution in [1.29, 1.82) is 0 Å². The van der Waals surface area contributed by atoms with E-state index >= 15 is 0 Å². The summed E-state index contributed by atoms with van der Waals surface area (Å²) in [6.45, 7) is 0.342. The van der Waals surface area contributed by atoms with Crippen molar-refractivity contribution in [2.75, 3.05) is 18.4 Å². The van der Waals surface area contributed by atoms with Crippen LogP contribution in [-0.2, 0) is 10.0 Å². The smallest absolute Gasteiger partial charge is 0.255 e. The van der Waals surface area contributed by atoms with Gasteiger partial charge < -0.3 is 10.4 Å². The van der Waals surface area contributed by atoms with Gasteiger partial charge in [-0.3, -0.25) is 4.79 Å². The average molecular weight is 447 g/mol. The fourth-order valence-corrected chi connectivity index (χ4v) is 4.99. The van der Waals surface area contributed by atoms with E-state index in [0.29, 0.717) is 12.8 Å². The van der Waals surface area contributed by atoms with Crippen molar-refractivity contribution in [1.82, 2.24) is 4.31 Å². The number of carbonyl (C=O) groups is 1. The molecule has 150 valence electrons. The number of nitrogens with zero attached hydrogens (tertiary/aromatic N) is 1. The first kappa shape index (κ1) is 21.0. The van der Waals surface area contributed by atoms with Crippen LogP contribution in [0.15, 0.2) is 41.3 Å². The predicted molar refractivity (Wildman–Crippen MR) is 105 cm³/mol. The number of amides is 1. The molecule has 0 atom stereocenters. The first-order chi connectivity index (χ1) is 13.2. The molecule has 2 aromatic carbocycles. The Morgan fingerprint density at radius 3 is 2.43 bits per heavy atom. The van der Waals surface area contributed by atoms with E-state index in [-0.39, 0.29) is 39.3 Å². The largest absolute Gasteiger partial charge is 0.393 e. The van der Waals surface area contributed by atoms with Gasteiger partial charge in [-0.1, -0.05) is 23.2 Å². The summed E-state index contributed by atoms with van der Waals surface area (Å²) in [6.07, 6.45) is 0.145. The number of anilines is 1. The molecule has 0 spiro atoms. The van der Waals surface area contributed by atoms with E-state index < -0.39 is 27.9 Å². The van der Waals surface area contributed by atoms with Crippen LogP contribution in [0.1, 0.15) is 23.2 Å². The van der Waals surface area contributed by atoms with Gasteiger partial charge in [0, 0.05) is 24.3 Å². The molecular formula is C18H17Cl2FN2O4S. The third-order valence-corrected chi connectivity index (χ3v) is 7.08. The van der Waals surface area contributed by atoms with E-state index in [1.165, 1.54) is 34.6 Å². The number of aliphatic hydroxyl groups excluding tert-OH is 1. The molecule has 1 aliphatic heterocycles. The van der Waals surface area contributed by atoms with Crippen LogP contribution in [0.5, 0.6) is 0 Å². The van der Waals surface area contributed by atoms with E-state index in [1.54, 1.807) is 0 Å². The molecule has 0 saturated carbocycles. The van der Waals surface area contributed by atoms with Crippen LogP contribution in [0.2, 0.25) is 10.0 Å². The minimum Gasteiger partial charge on any atom is -0.393 e. The Hall–Kier alpha value is -1.71. The Morgan fingerprint density at radius 2 is 1.79 bits per heavy atom. The Balaban J connectivity index is 1.86. The number of hydrogen-bond donors (Lipinski definition) is 2. The van der Waals surface area contributed by atoms with Gasteiger partial charge in [0.05, 0.1) is 16.1 Å². The van der Waals surface area contributed by atoms with Gasteiger partial charge in [-0.15, -0.1) is 0 Å². The molecule has 6 nitrogen and oxygen atoms in total. The standard InChI is InChI=1S/C18H17Cl2FN2O4S/c19-14-3-1-11(18(25)22-12-2-4-16(21)15(20)10-12)9-17(14)28(26,27)23-7-5-13(24)6-8-23/h1-4,9-10,13,24H,5-8H2,(H,22,25). The lowest BCUT2D eigenvalue weighted by Gasteiger charge is -2.29. The molecule has 0 aromatic heterocycles. The second-order valence-electron chi connectivity index (χ2n) is 6.36. The fourth-order valence-electron chi connectivity index (χ4n) is 2.84. The third-order valence-electron chi connectivity index (χ3n) is 4.41. The number of piperidine rings is 1. The minimum absolute atomic E-state index is 0.00695. The summed E-state index contributed by atoms with van der Waals surface area (Å²) in [6, 6.07) is 7.62. The van der Waals surface area contributed by atoms with Crippen molar-refractivity contribution in [2.45, 2.75) is 23.8 Å². The lowest BCUT2D eigenvalue weighted by molar-refractivity contribution is 0.102. The van der Waals surface area contributed by atoms with Crippen LogP contribution in [0.4, 0.5) is 10.1 Å². The Kier molecular flexibility index (Phi) is 6.26. The van der Waals surface area contributed by atoms with Gasteiger partial charge in [0.2, 0.25) is 10.0 Å². The van der Waals surface area contributed by atoms with Crippen LogP contribution in [-0.4, -0.2) is 42.9 Å². The number of sulfonamides is 1. The van der Waals surface area contributed by atoms with Crippen LogP contribution in [0.25, 0.3) is 0 Å². The van der Waals surface area contributed by atoms with Gasteiger partial charge in [0.25, 0.3) is 5.91 Å². The molecular weight excluding hydrogens is 430 g/mol. The van der Waals surface area contributed by atoms with Gasteiger partial charge in [-0.25, -0.2) is 12.8 Å². The zero-order valence-corrected chi connectivity index (χ0v) is 16.9. The maximum absolute atomic E-state index is 13.2. The molecule has 2 aromatic rings. The van der Waals surface area contributed by atoms with Crippen molar-refractivity contribution in [3.63, 3.8) is 0 Å². The number of hydrogen-bond acceptors (Lipinski definition) is 4. The Morgan fingerprint density at radius 1 is 1.11 bits per heavy atom. The molecule has 1 aliphatic rings. The Bertz CT molecular complexity index is 1010. The summed E-state index contributed by atoms with van der Waals surface area (Å²) < 4.78 is 40.3. The van der Waals surface area contributed by atoms with E-state index in [1.807, 2.05) is 0 Å². The van der Waals surface area contributed by atoms with Crippen LogP contribution in [0.3, 0.4) is 0 Å². The topological polar surface area (TPSA) is 86.7 Å². The molecule has 1 amide bonds. The highest BCUT2D eigenvalue weighted by Crippen LogP contribution is 2.28. The quantitative estimate of drug-likeness (QED) is 0.751. The molecule has 0 radical (unpaired) electrons. The number of carbonyl (C=O) groups excluding carboxylic acids is 1. The highest BCUT2D eigenvalue weighted by Gasteiger charge is 2.31. The first-order valence-electron chi connectivity index (χ1n) is 8.42. The SMILES string of the molecule is O=C(Nc1ccc(F)c(Cl)c1)c1ccc(Cl)c(S(=O)(=O)N2CCC(O)CC2)c1. The lowest BCUT2D eigenvalue weighted by Crippen LogP contribution is -2.40. The van der Waals surface area contributed by atoms with Crippen LogP contribution >= 0.6 is 23.2 Å². The zero-order chi connectivity index (χ0) is 20.5. The minimum atomic E-state index is -3.92. The second kappa shape index (κ2) is 8.34. The van der Waals surface area contributed by atoms with Crippen molar-refractivity contribution in [3.05, 3.63) is 57.8 Å². The molecule has 0 unspecified atom stereocenters. The van der Waals surface area contributed by atoms with Crippen molar-refractivity contribution < 1.29 is 22.7 Å². The van der Waals surface area contributed by atoms with Gasteiger partial charge in [0.1, 0.15) is 10.7 Å². The van der Waals surface area contributed by atoms with E-state index in [2.05, 4.69) is 5.32 Å². The monoisotopic (exact) mass is 446 g/mol. The number of rotatable bonds is 4. The molecule has 1 saturated heterocycles. The third kappa shape index (κ3) is 4.47. The number of halogens is 3. The van der Waals surface area contributed by atoms with E-state index in [0.717, 1.165) is 6.07 Å². The molecule has 10 heteroatoms. The Labute approximate surface area is 171 Å². The first-order valence-corrected chi connectivity index (χ1v) is 10.6. The molecule has 1 heterocycles. The highest BCUT2D eigenvalue weighted by atomic mass is 35.5. The van der Waals surface area contributed by atoms with Gasteiger partial charge in [-0.05, 0) is 49.2 Å². The van der Waals surface area contributed by atoms with E-state index in [4.69, 9.17) is 23.2 Å². The van der Waals surface area contributed by atoms with Crippen molar-refractivity contribution in [2.24, 2.45) is 0 Å². The highest BCUT2D eigenvalue weighted by molar-refractivity contribution is 7.89. The summed E-state index contributed by atoms with van der Waals surface area (Å²) >= 11 is 11.8. The summed E-state index contributed by atoms with van der Waals surface area (Å²) in [4.78, 5) is 12.3. The van der Waals surface area contributed by atoms with Crippen LogP contribution < -0.4 is 5.32 Å². The zero-order valence-electron chi connectivity index (χ0n) is 14.5. The average Bonchev–Trinajstić information content (AvgIpc) is 2.65. The summed E-state index contributed by atoms with van der Waals surface area (Å²) in [7, 11) is -3.92. The molecule has 3 rings (SSSR count). The normalized spacial score (nSPS) is 16.1. The van der Waals surface area contributed by atoms with Gasteiger partial charge in [0.15, 0.2) is 0 Å². The number of aliphatic hydroxyl groups is 1. The molecule has 0 aliphatic carbocycles. The number of benzene rings is 2. The fraction of sp³-hybridized carbons (Fsp3) is 0.278. The summed E-state index contributed by atoms with van der Waals surface area (Å²) in [5.41, 5.74) is 0.334. The van der Waals surface area contributed by atoms with E-state index in [9.17, 15) is 22.7 Å². The second-order valence-corrected chi connectivity index (χ2v) is 9.08. The summed E-state index contributed by atoms with van der Waals surface area (Å²) in [5.74, 6) is -1.21. The lowest BCUT2D eigenvalue weighted by atomic mass is 10.1. The van der Waals surface area contributed by atoms with Gasteiger partial charge in [-0.2, -0.15) is 4.31 Å². The maximum Gasteiger partial charge on any atom is 0.255 e. The molecule has 1 fully saturated rings. The predicted octanol–water partition coefficient (Wildman–Crippen LogP) is 3.53. The molecule has 0 bridgehead atoms. The summed E-state index contributed by atoms with van der Waals surface area (Å²) in [5, 5.41) is 12.0. The maximum atomic E-state index is 13.2. The van der Waals surface area contributed by atoms with Crippen molar-refractivity contribution in [3.8, 4) is 0 Å².